The molecule has 3 aromatic heterocycles. The first-order valence-corrected chi connectivity index (χ1v) is 14.9. The first-order valence-electron chi connectivity index (χ1n) is 14.9. The number of likely N-dealkylation sites (tertiary alicyclic amines) is 1. The number of rotatable bonds is 6. The molecular weight excluding hydrogens is 516 g/mol. The fourth-order valence-electron chi connectivity index (χ4n) is 7.07. The van der Waals surface area contributed by atoms with E-state index in [0.29, 0.717) is 41.2 Å². The van der Waals surface area contributed by atoms with Gasteiger partial charge in [-0.05, 0) is 83.7 Å². The topological polar surface area (TPSA) is 99.2 Å². The van der Waals surface area contributed by atoms with Gasteiger partial charge in [-0.15, -0.1) is 0 Å². The number of likely N-dealkylation sites (N-methyl/N-ethyl adjacent to an activating group) is 1. The average Bonchev–Trinajstić information content (AvgIpc) is 3.75. The number of Topliss-reactive ketones (excluding diaryl/α,β-unsaturated/α-hetero) is 1. The second-order valence-corrected chi connectivity index (χ2v) is 11.8. The number of benzene rings is 1. The van der Waals surface area contributed by atoms with Crippen LogP contribution in [0.15, 0.2) is 53.2 Å². The van der Waals surface area contributed by atoms with Gasteiger partial charge in [0.15, 0.2) is 17.3 Å². The summed E-state index contributed by atoms with van der Waals surface area (Å²) in [6, 6.07) is 14.1. The van der Waals surface area contributed by atoms with Crippen LogP contribution in [0, 0.1) is 0 Å². The predicted molar refractivity (Wildman–Crippen MR) is 154 cm³/mol. The molecule has 1 aromatic carbocycles. The zero-order valence-electron chi connectivity index (χ0n) is 23.8. The molecule has 4 aromatic rings. The van der Waals surface area contributed by atoms with E-state index >= 15 is 0 Å². The van der Waals surface area contributed by atoms with Crippen LogP contribution in [0.5, 0.6) is 5.88 Å². The van der Waals surface area contributed by atoms with E-state index in [-0.39, 0.29) is 11.9 Å². The number of ether oxygens (including phenoxy) is 1. The Balaban J connectivity index is 1.30. The molecule has 7 rings (SSSR count). The van der Waals surface area contributed by atoms with Crippen molar-refractivity contribution >= 4 is 5.78 Å². The van der Waals surface area contributed by atoms with Crippen LogP contribution in [-0.2, 0) is 16.6 Å². The lowest BCUT2D eigenvalue weighted by Crippen LogP contribution is -2.41. The summed E-state index contributed by atoms with van der Waals surface area (Å²) in [5, 5.41) is 9.33. The van der Waals surface area contributed by atoms with Gasteiger partial charge in [0.2, 0.25) is 5.88 Å². The quantitative estimate of drug-likeness (QED) is 0.306. The van der Waals surface area contributed by atoms with Crippen LogP contribution < -0.4 is 4.74 Å². The first kappa shape index (κ1) is 26.1. The van der Waals surface area contributed by atoms with Gasteiger partial charge < -0.3 is 9.26 Å². The van der Waals surface area contributed by atoms with Crippen LogP contribution in [-0.4, -0.2) is 61.3 Å². The van der Waals surface area contributed by atoms with Crippen LogP contribution in [0.1, 0.15) is 69.6 Å². The maximum absolute atomic E-state index is 13.2. The Hall–Kier alpha value is -3.85. The molecule has 3 atom stereocenters. The molecule has 0 N–H and O–H groups in total. The van der Waals surface area contributed by atoms with Gasteiger partial charge in [0.1, 0.15) is 17.6 Å². The number of hydrogen-bond acceptors (Lipinski definition) is 8. The monoisotopic (exact) mass is 552 g/mol. The van der Waals surface area contributed by atoms with Crippen LogP contribution >= 0.6 is 0 Å². The molecule has 0 amide bonds. The van der Waals surface area contributed by atoms with Crippen LogP contribution in [0.2, 0.25) is 0 Å². The van der Waals surface area contributed by atoms with Gasteiger partial charge in [-0.3, -0.25) is 9.69 Å². The molecule has 41 heavy (non-hydrogen) atoms. The zero-order valence-corrected chi connectivity index (χ0v) is 23.8. The van der Waals surface area contributed by atoms with Crippen LogP contribution in [0.3, 0.4) is 0 Å². The highest BCUT2D eigenvalue weighted by Crippen LogP contribution is 2.47. The van der Waals surface area contributed by atoms with E-state index < -0.39 is 5.41 Å². The van der Waals surface area contributed by atoms with Gasteiger partial charge in [0.05, 0.1) is 16.8 Å². The van der Waals surface area contributed by atoms with E-state index in [2.05, 4.69) is 24.0 Å². The van der Waals surface area contributed by atoms with E-state index in [1.807, 2.05) is 53.3 Å². The molecule has 1 spiro atoms. The van der Waals surface area contributed by atoms with E-state index in [0.717, 1.165) is 74.9 Å². The third-order valence-electron chi connectivity index (χ3n) is 9.26. The van der Waals surface area contributed by atoms with Crippen molar-refractivity contribution < 1.29 is 14.1 Å². The lowest BCUT2D eigenvalue weighted by molar-refractivity contribution is -0.128. The van der Waals surface area contributed by atoms with Gasteiger partial charge >= 0.3 is 0 Å². The smallest absolute Gasteiger partial charge is 0.217 e. The summed E-state index contributed by atoms with van der Waals surface area (Å²) in [5.41, 5.74) is 3.36. The number of carbonyl (C=O) groups excluding carboxylic acids is 1. The summed E-state index contributed by atoms with van der Waals surface area (Å²) in [6.45, 7) is 3.18. The summed E-state index contributed by atoms with van der Waals surface area (Å²) in [5.74, 6) is 1.95. The van der Waals surface area contributed by atoms with Crippen molar-refractivity contribution in [2.45, 2.75) is 82.3 Å². The molecule has 2 aliphatic carbocycles. The van der Waals surface area contributed by atoms with Crippen molar-refractivity contribution in [3.8, 4) is 34.5 Å². The Kier molecular flexibility index (Phi) is 6.69. The van der Waals surface area contributed by atoms with Crippen molar-refractivity contribution in [2.24, 2.45) is 0 Å². The zero-order chi connectivity index (χ0) is 28.0. The Morgan fingerprint density at radius 2 is 1.88 bits per heavy atom. The SMILES string of the molecule is C[C@H](Oc1cc(-c2ccn(-c3ccccc3)n2)nc(-c2noc3c2CCC[C@@]32CCCCC2=O)n1)[C@@H]1CCCN1C. The molecule has 212 valence electrons. The van der Waals surface area contributed by atoms with Crippen LogP contribution in [0.4, 0.5) is 0 Å². The Morgan fingerprint density at radius 1 is 1.02 bits per heavy atom. The van der Waals surface area contributed by atoms with Gasteiger partial charge in [-0.25, -0.2) is 9.67 Å². The lowest BCUT2D eigenvalue weighted by atomic mass is 9.64. The minimum absolute atomic E-state index is 0.0469. The second kappa shape index (κ2) is 10.5. The first-order chi connectivity index (χ1) is 20.0. The third-order valence-corrected chi connectivity index (χ3v) is 9.26. The molecule has 1 saturated carbocycles. The number of hydrogen-bond donors (Lipinski definition) is 0. The normalized spacial score (nSPS) is 23.6. The summed E-state index contributed by atoms with van der Waals surface area (Å²) < 4.78 is 14.3. The van der Waals surface area contributed by atoms with Gasteiger partial charge in [-0.2, -0.15) is 10.1 Å². The molecule has 2 fully saturated rings. The highest BCUT2D eigenvalue weighted by molar-refractivity contribution is 5.91. The highest BCUT2D eigenvalue weighted by atomic mass is 16.5. The van der Waals surface area contributed by atoms with Crippen molar-refractivity contribution in [3.63, 3.8) is 0 Å². The molecule has 1 aliphatic heterocycles. The minimum atomic E-state index is -0.552. The fraction of sp³-hybridized carbons (Fsp3) is 0.469. The average molecular weight is 553 g/mol. The number of nitrogens with zero attached hydrogens (tertiary/aromatic N) is 6. The lowest BCUT2D eigenvalue weighted by Gasteiger charge is -2.36. The summed E-state index contributed by atoms with van der Waals surface area (Å²) >= 11 is 0. The predicted octanol–water partition coefficient (Wildman–Crippen LogP) is 5.56. The largest absolute Gasteiger partial charge is 0.473 e. The molecule has 3 aliphatic rings. The van der Waals surface area contributed by atoms with Crippen molar-refractivity contribution in [1.29, 1.82) is 0 Å². The maximum atomic E-state index is 13.2. The molecule has 0 bridgehead atoms. The van der Waals surface area contributed by atoms with Gasteiger partial charge in [-0.1, -0.05) is 29.8 Å². The molecule has 9 nitrogen and oxygen atoms in total. The molecule has 4 heterocycles. The number of carbonyl (C=O) groups is 1. The number of ketones is 1. The second-order valence-electron chi connectivity index (χ2n) is 11.8. The van der Waals surface area contributed by atoms with E-state index in [1.54, 1.807) is 0 Å². The summed E-state index contributed by atoms with van der Waals surface area (Å²) in [4.78, 5) is 25.4. The Bertz CT molecular complexity index is 1560. The number of fused-ring (bicyclic) bond motifs is 2. The molecular formula is C32H36N6O3. The molecule has 0 radical (unpaired) electrons. The summed E-state index contributed by atoms with van der Waals surface area (Å²) in [6.07, 6.45) is 10.1. The Labute approximate surface area is 239 Å². The maximum Gasteiger partial charge on any atom is 0.217 e. The fourth-order valence-corrected chi connectivity index (χ4v) is 7.07. The molecule has 9 heteroatoms. The Morgan fingerprint density at radius 3 is 2.68 bits per heavy atom. The molecule has 1 saturated heterocycles. The molecule has 0 unspecified atom stereocenters. The van der Waals surface area contributed by atoms with E-state index in [9.17, 15) is 4.79 Å². The number of aromatic nitrogens is 5. The number of para-hydroxylation sites is 1. The van der Waals surface area contributed by atoms with E-state index in [1.165, 1.54) is 0 Å². The van der Waals surface area contributed by atoms with Gasteiger partial charge in [0.25, 0.3) is 0 Å². The van der Waals surface area contributed by atoms with Crippen LogP contribution in [0.25, 0.3) is 28.6 Å². The minimum Gasteiger partial charge on any atom is -0.473 e. The summed E-state index contributed by atoms with van der Waals surface area (Å²) in [7, 11) is 2.15. The van der Waals surface area contributed by atoms with Gasteiger partial charge in [0, 0.05) is 30.3 Å². The highest BCUT2D eigenvalue weighted by Gasteiger charge is 2.48. The van der Waals surface area contributed by atoms with Crippen molar-refractivity contribution in [3.05, 3.63) is 60.0 Å². The van der Waals surface area contributed by atoms with Crippen molar-refractivity contribution in [1.82, 2.24) is 29.8 Å². The third kappa shape index (κ3) is 4.66. The standard InChI is InChI=1S/C32H36N6O3/c1-21(26-13-9-18-37(26)2)40-28-20-25(24-15-19-38(35-24)22-10-4-3-5-11-22)33-31(34-28)29-23-12-8-17-32(30(23)41-36-29)16-7-6-14-27(32)39/h3-5,10-11,15,19-21,26H,6-9,12-14,16-18H2,1-2H3/t21-,26-,32+/m0/s1. The van der Waals surface area contributed by atoms with Crippen molar-refractivity contribution in [2.75, 3.05) is 13.6 Å². The van der Waals surface area contributed by atoms with E-state index in [4.69, 9.17) is 24.3 Å².